The molecule has 1 unspecified atom stereocenters. The maximum atomic E-state index is 12.1. The van der Waals surface area contributed by atoms with E-state index in [1.165, 1.54) is 6.26 Å². The van der Waals surface area contributed by atoms with E-state index >= 15 is 0 Å². The van der Waals surface area contributed by atoms with Crippen LogP contribution in [-0.4, -0.2) is 19.7 Å². The number of aromatic nitrogens is 1. The summed E-state index contributed by atoms with van der Waals surface area (Å²) in [6, 6.07) is 19.6. The number of rotatable bonds is 5. The van der Waals surface area contributed by atoms with E-state index < -0.39 is 9.84 Å². The molecule has 25 heavy (non-hydrogen) atoms. The highest BCUT2D eigenvalue weighted by molar-refractivity contribution is 7.90. The van der Waals surface area contributed by atoms with Gasteiger partial charge in [0.25, 0.3) is 0 Å². The zero-order valence-electron chi connectivity index (χ0n) is 13.6. The Morgan fingerprint density at radius 3 is 2.44 bits per heavy atom. The summed E-state index contributed by atoms with van der Waals surface area (Å²) in [6.07, 6.45) is 2.90. The standard InChI is InChI=1S/C19H17ClN2O2S/c1-25(23,24)18-11-3-2-9-16(18)22-19(17-10-4-5-12-21-17)14-7-6-8-15(20)13-14/h2-13,19,22H,1H3. The molecule has 0 aliphatic rings. The summed E-state index contributed by atoms with van der Waals surface area (Å²) in [4.78, 5) is 4.67. The molecule has 0 spiro atoms. The minimum Gasteiger partial charge on any atom is -0.372 e. The van der Waals surface area contributed by atoms with Gasteiger partial charge >= 0.3 is 0 Å². The average Bonchev–Trinajstić information content (AvgIpc) is 2.60. The Morgan fingerprint density at radius 1 is 1.00 bits per heavy atom. The normalized spacial score (nSPS) is 12.6. The quantitative estimate of drug-likeness (QED) is 0.723. The van der Waals surface area contributed by atoms with Crippen LogP contribution in [0.1, 0.15) is 17.3 Å². The van der Waals surface area contributed by atoms with Crippen LogP contribution in [0.4, 0.5) is 5.69 Å². The van der Waals surface area contributed by atoms with Gasteiger partial charge in [0.05, 0.1) is 22.3 Å². The van der Waals surface area contributed by atoms with Gasteiger partial charge in [-0.2, -0.15) is 0 Å². The van der Waals surface area contributed by atoms with Gasteiger partial charge < -0.3 is 5.32 Å². The second-order valence-electron chi connectivity index (χ2n) is 5.66. The topological polar surface area (TPSA) is 59.1 Å². The van der Waals surface area contributed by atoms with Crippen molar-refractivity contribution in [3.8, 4) is 0 Å². The van der Waals surface area contributed by atoms with Gasteiger partial charge in [-0.3, -0.25) is 4.98 Å². The third-order valence-corrected chi connectivity index (χ3v) is 5.14. The van der Waals surface area contributed by atoms with Crippen molar-refractivity contribution in [3.63, 3.8) is 0 Å². The third kappa shape index (κ3) is 4.18. The van der Waals surface area contributed by atoms with Crippen molar-refractivity contribution in [1.29, 1.82) is 0 Å². The summed E-state index contributed by atoms with van der Waals surface area (Å²) in [5, 5.41) is 3.92. The van der Waals surface area contributed by atoms with Crippen molar-refractivity contribution in [2.75, 3.05) is 11.6 Å². The highest BCUT2D eigenvalue weighted by atomic mass is 35.5. The predicted molar refractivity (Wildman–Crippen MR) is 101 cm³/mol. The number of para-hydroxylation sites is 1. The molecule has 0 radical (unpaired) electrons. The Hall–Kier alpha value is -2.37. The summed E-state index contributed by atoms with van der Waals surface area (Å²) in [5.74, 6) is 0. The molecule has 0 aliphatic heterocycles. The maximum Gasteiger partial charge on any atom is 0.177 e. The van der Waals surface area contributed by atoms with Crippen LogP contribution in [0.2, 0.25) is 5.02 Å². The molecule has 0 saturated carbocycles. The first-order valence-electron chi connectivity index (χ1n) is 7.67. The van der Waals surface area contributed by atoms with Gasteiger partial charge in [0.2, 0.25) is 0 Å². The van der Waals surface area contributed by atoms with Crippen LogP contribution in [0.25, 0.3) is 0 Å². The lowest BCUT2D eigenvalue weighted by molar-refractivity contribution is 0.602. The second kappa shape index (κ2) is 7.25. The van der Waals surface area contributed by atoms with Crippen molar-refractivity contribution < 1.29 is 8.42 Å². The molecule has 0 amide bonds. The fourth-order valence-corrected chi connectivity index (χ4v) is 3.68. The molecule has 1 aromatic heterocycles. The van der Waals surface area contributed by atoms with Crippen molar-refractivity contribution in [2.24, 2.45) is 0 Å². The number of nitrogens with one attached hydrogen (secondary N) is 1. The molecule has 1 heterocycles. The number of pyridine rings is 1. The average molecular weight is 373 g/mol. The fraction of sp³-hybridized carbons (Fsp3) is 0.105. The minimum atomic E-state index is -3.36. The van der Waals surface area contributed by atoms with Gasteiger partial charge in [-0.25, -0.2) is 8.42 Å². The number of benzene rings is 2. The zero-order valence-corrected chi connectivity index (χ0v) is 15.1. The molecule has 128 valence electrons. The number of hydrogen-bond donors (Lipinski definition) is 1. The number of hydrogen-bond acceptors (Lipinski definition) is 4. The second-order valence-corrected chi connectivity index (χ2v) is 8.08. The van der Waals surface area contributed by atoms with Crippen LogP contribution in [-0.2, 0) is 9.84 Å². The van der Waals surface area contributed by atoms with E-state index in [-0.39, 0.29) is 10.9 Å². The number of halogens is 1. The van der Waals surface area contributed by atoms with Gasteiger partial charge in [0.15, 0.2) is 9.84 Å². The monoisotopic (exact) mass is 372 g/mol. The summed E-state index contributed by atoms with van der Waals surface area (Å²) in [7, 11) is -3.36. The van der Waals surface area contributed by atoms with Gasteiger partial charge in [-0.05, 0) is 42.0 Å². The van der Waals surface area contributed by atoms with E-state index in [0.717, 1.165) is 11.3 Å². The van der Waals surface area contributed by atoms with E-state index in [2.05, 4.69) is 10.3 Å². The Labute approximate surface area is 152 Å². The van der Waals surface area contributed by atoms with E-state index in [4.69, 9.17) is 11.6 Å². The van der Waals surface area contributed by atoms with Crippen LogP contribution in [0.3, 0.4) is 0 Å². The van der Waals surface area contributed by atoms with Crippen molar-refractivity contribution in [2.45, 2.75) is 10.9 Å². The largest absolute Gasteiger partial charge is 0.372 e. The highest BCUT2D eigenvalue weighted by Gasteiger charge is 2.19. The maximum absolute atomic E-state index is 12.1. The lowest BCUT2D eigenvalue weighted by Gasteiger charge is -2.21. The number of anilines is 1. The van der Waals surface area contributed by atoms with E-state index in [9.17, 15) is 8.42 Å². The molecule has 4 nitrogen and oxygen atoms in total. The van der Waals surface area contributed by atoms with Crippen LogP contribution in [0.5, 0.6) is 0 Å². The van der Waals surface area contributed by atoms with Crippen LogP contribution >= 0.6 is 11.6 Å². The van der Waals surface area contributed by atoms with Crippen LogP contribution in [0, 0.1) is 0 Å². The van der Waals surface area contributed by atoms with Crippen LogP contribution < -0.4 is 5.32 Å². The molecule has 6 heteroatoms. The molecule has 3 aromatic rings. The first-order chi connectivity index (χ1) is 11.9. The molecule has 0 aliphatic carbocycles. The van der Waals surface area contributed by atoms with Crippen molar-refractivity contribution >= 4 is 27.1 Å². The Balaban J connectivity index is 2.09. The predicted octanol–water partition coefficient (Wildman–Crippen LogP) is 4.34. The molecule has 2 aromatic carbocycles. The van der Waals surface area contributed by atoms with Gasteiger partial charge in [0, 0.05) is 17.5 Å². The summed E-state index contributed by atoms with van der Waals surface area (Å²) >= 11 is 6.14. The zero-order chi connectivity index (χ0) is 17.9. The van der Waals surface area contributed by atoms with Crippen molar-refractivity contribution in [1.82, 2.24) is 4.98 Å². The molecule has 3 rings (SSSR count). The molecule has 0 fully saturated rings. The Kier molecular flexibility index (Phi) is 5.06. The summed E-state index contributed by atoms with van der Waals surface area (Å²) < 4.78 is 24.2. The van der Waals surface area contributed by atoms with Gasteiger partial charge in [-0.15, -0.1) is 0 Å². The SMILES string of the molecule is CS(=O)(=O)c1ccccc1NC(c1cccc(Cl)c1)c1ccccn1. The van der Waals surface area contributed by atoms with Crippen LogP contribution in [0.15, 0.2) is 77.8 Å². The first kappa shape index (κ1) is 17.5. The highest BCUT2D eigenvalue weighted by Crippen LogP contribution is 2.30. The fourth-order valence-electron chi connectivity index (χ4n) is 2.63. The molecule has 0 bridgehead atoms. The Bertz CT molecular complexity index is 975. The minimum absolute atomic E-state index is 0.248. The third-order valence-electron chi connectivity index (χ3n) is 3.75. The molecule has 1 N–H and O–H groups in total. The Morgan fingerprint density at radius 2 is 1.76 bits per heavy atom. The molecule has 0 saturated heterocycles. The van der Waals surface area contributed by atoms with E-state index in [1.807, 2.05) is 36.4 Å². The lowest BCUT2D eigenvalue weighted by atomic mass is 10.0. The van der Waals surface area contributed by atoms with Gasteiger partial charge in [-0.1, -0.05) is 41.9 Å². The molecular weight excluding hydrogens is 356 g/mol. The molecule has 1 atom stereocenters. The van der Waals surface area contributed by atoms with Crippen molar-refractivity contribution in [3.05, 3.63) is 89.2 Å². The number of nitrogens with zero attached hydrogens (tertiary/aromatic N) is 1. The van der Waals surface area contributed by atoms with Gasteiger partial charge in [0.1, 0.15) is 0 Å². The van der Waals surface area contributed by atoms with E-state index in [1.54, 1.807) is 36.5 Å². The first-order valence-corrected chi connectivity index (χ1v) is 9.94. The summed E-state index contributed by atoms with van der Waals surface area (Å²) in [6.45, 7) is 0. The van der Waals surface area contributed by atoms with E-state index in [0.29, 0.717) is 10.7 Å². The summed E-state index contributed by atoms with van der Waals surface area (Å²) in [5.41, 5.74) is 2.20. The smallest absolute Gasteiger partial charge is 0.177 e. The number of sulfone groups is 1. The lowest BCUT2D eigenvalue weighted by Crippen LogP contribution is -2.15. The molecular formula is C19H17ClN2O2S.